The molecule has 3 nitrogen and oxygen atoms in total. The molecular weight excluding hydrogens is 315 g/mol. The Morgan fingerprint density at radius 2 is 1.84 bits per heavy atom. The van der Waals surface area contributed by atoms with Crippen molar-refractivity contribution in [1.82, 2.24) is 4.57 Å². The van der Waals surface area contributed by atoms with Crippen LogP contribution in [-0.4, -0.2) is 10.5 Å². The monoisotopic (exact) mass is 336 g/mol. The quantitative estimate of drug-likeness (QED) is 0.741. The molecule has 0 fully saturated rings. The van der Waals surface area contributed by atoms with E-state index in [1.54, 1.807) is 6.07 Å². The van der Waals surface area contributed by atoms with E-state index in [1.165, 1.54) is 12.1 Å². The molecule has 1 aromatic heterocycles. The molecule has 3 aromatic rings. The molecule has 0 unspecified atom stereocenters. The highest BCUT2D eigenvalue weighted by molar-refractivity contribution is 6.02. The third-order valence-electron chi connectivity index (χ3n) is 4.51. The van der Waals surface area contributed by atoms with Crippen LogP contribution in [0.1, 0.15) is 34.2 Å². The summed E-state index contributed by atoms with van der Waals surface area (Å²) in [5.41, 5.74) is 10.5. The van der Waals surface area contributed by atoms with Gasteiger partial charge in [-0.05, 0) is 36.6 Å². The summed E-state index contributed by atoms with van der Waals surface area (Å²) in [6.45, 7) is 4.57. The van der Waals surface area contributed by atoms with E-state index in [-0.39, 0.29) is 5.82 Å². The lowest BCUT2D eigenvalue weighted by Gasteiger charge is -2.12. The first-order chi connectivity index (χ1) is 12.0. The van der Waals surface area contributed by atoms with Crippen LogP contribution in [0, 0.1) is 12.7 Å². The maximum absolute atomic E-state index is 13.8. The molecule has 1 amide bonds. The molecule has 0 spiro atoms. The first-order valence-corrected chi connectivity index (χ1v) is 8.34. The van der Waals surface area contributed by atoms with Gasteiger partial charge in [0.05, 0.1) is 5.56 Å². The molecule has 0 saturated carbocycles. The number of carbonyl (C=O) groups is 1. The van der Waals surface area contributed by atoms with Crippen LogP contribution >= 0.6 is 0 Å². The van der Waals surface area contributed by atoms with Crippen LogP contribution in [0.3, 0.4) is 0 Å². The first-order valence-electron chi connectivity index (χ1n) is 8.34. The fraction of sp³-hybridized carbons (Fsp3) is 0.190. The Morgan fingerprint density at radius 3 is 2.44 bits per heavy atom. The molecule has 1 heterocycles. The zero-order chi connectivity index (χ0) is 18.0. The molecule has 0 bridgehead atoms. The number of halogens is 1. The SMILES string of the molecule is CCc1c(-c2cccc(F)c2)c(C(N)=O)c(C)n1Cc1ccccc1. The Labute approximate surface area is 146 Å². The molecule has 2 aromatic carbocycles. The van der Waals surface area contributed by atoms with Crippen molar-refractivity contribution in [2.24, 2.45) is 5.73 Å². The van der Waals surface area contributed by atoms with Gasteiger partial charge in [-0.15, -0.1) is 0 Å². The summed E-state index contributed by atoms with van der Waals surface area (Å²) in [5.74, 6) is -0.818. The van der Waals surface area contributed by atoms with Crippen LogP contribution in [0.15, 0.2) is 54.6 Å². The fourth-order valence-electron chi connectivity index (χ4n) is 3.40. The number of carbonyl (C=O) groups excluding carboxylic acids is 1. The van der Waals surface area contributed by atoms with Gasteiger partial charge in [0, 0.05) is 23.5 Å². The second kappa shape index (κ2) is 6.93. The summed E-state index contributed by atoms with van der Waals surface area (Å²) >= 11 is 0. The number of primary amides is 1. The van der Waals surface area contributed by atoms with Crippen molar-refractivity contribution >= 4 is 5.91 Å². The Hall–Kier alpha value is -2.88. The maximum Gasteiger partial charge on any atom is 0.251 e. The van der Waals surface area contributed by atoms with Crippen molar-refractivity contribution in [3.05, 3.63) is 82.9 Å². The van der Waals surface area contributed by atoms with Crippen molar-refractivity contribution in [3.63, 3.8) is 0 Å². The van der Waals surface area contributed by atoms with Crippen LogP contribution in [0.4, 0.5) is 4.39 Å². The molecule has 0 aliphatic carbocycles. The summed E-state index contributed by atoms with van der Waals surface area (Å²) < 4.78 is 15.9. The lowest BCUT2D eigenvalue weighted by atomic mass is 9.98. The number of nitrogens with zero attached hydrogens (tertiary/aromatic N) is 1. The molecule has 0 atom stereocenters. The minimum Gasteiger partial charge on any atom is -0.366 e. The van der Waals surface area contributed by atoms with E-state index in [2.05, 4.69) is 4.57 Å². The molecular formula is C21H21FN2O. The van der Waals surface area contributed by atoms with Gasteiger partial charge in [0.15, 0.2) is 0 Å². The summed E-state index contributed by atoms with van der Waals surface area (Å²) in [5, 5.41) is 0. The number of amides is 1. The van der Waals surface area contributed by atoms with Crippen LogP contribution in [0.5, 0.6) is 0 Å². The zero-order valence-electron chi connectivity index (χ0n) is 14.4. The Morgan fingerprint density at radius 1 is 1.12 bits per heavy atom. The third kappa shape index (κ3) is 3.20. The highest BCUT2D eigenvalue weighted by Gasteiger charge is 2.24. The zero-order valence-corrected chi connectivity index (χ0v) is 14.4. The Balaban J connectivity index is 2.23. The van der Waals surface area contributed by atoms with Gasteiger partial charge in [-0.2, -0.15) is 0 Å². The molecule has 4 heteroatoms. The number of aromatic nitrogens is 1. The van der Waals surface area contributed by atoms with Gasteiger partial charge >= 0.3 is 0 Å². The van der Waals surface area contributed by atoms with Gasteiger partial charge in [0.1, 0.15) is 5.82 Å². The van der Waals surface area contributed by atoms with E-state index >= 15 is 0 Å². The molecule has 2 N–H and O–H groups in total. The van der Waals surface area contributed by atoms with Gasteiger partial charge in [-0.1, -0.05) is 49.4 Å². The highest BCUT2D eigenvalue weighted by Crippen LogP contribution is 2.34. The molecule has 25 heavy (non-hydrogen) atoms. The fourth-order valence-corrected chi connectivity index (χ4v) is 3.40. The van der Waals surface area contributed by atoms with Crippen molar-refractivity contribution in [3.8, 4) is 11.1 Å². The van der Waals surface area contributed by atoms with E-state index in [0.29, 0.717) is 24.1 Å². The number of benzene rings is 2. The van der Waals surface area contributed by atoms with Crippen LogP contribution in [-0.2, 0) is 13.0 Å². The van der Waals surface area contributed by atoms with Crippen molar-refractivity contribution in [1.29, 1.82) is 0 Å². The van der Waals surface area contributed by atoms with Gasteiger partial charge in [0.25, 0.3) is 5.91 Å². The normalized spacial score (nSPS) is 10.8. The second-order valence-corrected chi connectivity index (χ2v) is 6.08. The standard InChI is InChI=1S/C21H21FN2O/c1-3-18-20(16-10-7-11-17(22)12-16)19(21(23)25)14(2)24(18)13-15-8-5-4-6-9-15/h4-12H,3,13H2,1-2H3,(H2,23,25). The number of nitrogens with two attached hydrogens (primary N) is 1. The number of hydrogen-bond acceptors (Lipinski definition) is 1. The predicted octanol–water partition coefficient (Wildman–Crippen LogP) is 4.31. The molecule has 0 aliphatic heterocycles. The number of hydrogen-bond donors (Lipinski definition) is 1. The first kappa shape index (κ1) is 17.0. The summed E-state index contributed by atoms with van der Waals surface area (Å²) in [4.78, 5) is 12.1. The lowest BCUT2D eigenvalue weighted by Crippen LogP contribution is -2.13. The lowest BCUT2D eigenvalue weighted by molar-refractivity contribution is 0.1000. The van der Waals surface area contributed by atoms with E-state index < -0.39 is 5.91 Å². The van der Waals surface area contributed by atoms with Gasteiger partial charge < -0.3 is 10.3 Å². The van der Waals surface area contributed by atoms with E-state index in [9.17, 15) is 9.18 Å². The smallest absolute Gasteiger partial charge is 0.251 e. The Bertz CT molecular complexity index is 913. The minimum absolute atomic E-state index is 0.330. The molecule has 0 aliphatic rings. The van der Waals surface area contributed by atoms with Crippen LogP contribution in [0.2, 0.25) is 0 Å². The van der Waals surface area contributed by atoms with Gasteiger partial charge in [0.2, 0.25) is 0 Å². The summed E-state index contributed by atoms with van der Waals surface area (Å²) in [6.07, 6.45) is 0.715. The van der Waals surface area contributed by atoms with Crippen molar-refractivity contribution in [2.45, 2.75) is 26.8 Å². The topological polar surface area (TPSA) is 48.0 Å². The Kier molecular flexibility index (Phi) is 4.70. The minimum atomic E-state index is -0.488. The molecule has 3 rings (SSSR count). The van der Waals surface area contributed by atoms with Gasteiger partial charge in [-0.25, -0.2) is 4.39 Å². The molecule has 128 valence electrons. The van der Waals surface area contributed by atoms with Crippen LogP contribution < -0.4 is 5.73 Å². The number of rotatable bonds is 5. The average Bonchev–Trinajstić information content (AvgIpc) is 2.88. The van der Waals surface area contributed by atoms with E-state index in [0.717, 1.165) is 22.5 Å². The average molecular weight is 336 g/mol. The van der Waals surface area contributed by atoms with Crippen molar-refractivity contribution < 1.29 is 9.18 Å². The third-order valence-corrected chi connectivity index (χ3v) is 4.51. The van der Waals surface area contributed by atoms with E-state index in [4.69, 9.17) is 5.73 Å². The van der Waals surface area contributed by atoms with E-state index in [1.807, 2.05) is 50.2 Å². The predicted molar refractivity (Wildman–Crippen MR) is 98.0 cm³/mol. The molecule has 0 saturated heterocycles. The maximum atomic E-state index is 13.8. The second-order valence-electron chi connectivity index (χ2n) is 6.08. The van der Waals surface area contributed by atoms with Crippen molar-refractivity contribution in [2.75, 3.05) is 0 Å². The largest absolute Gasteiger partial charge is 0.366 e. The highest BCUT2D eigenvalue weighted by atomic mass is 19.1. The summed E-state index contributed by atoms with van der Waals surface area (Å²) in [6, 6.07) is 16.4. The summed E-state index contributed by atoms with van der Waals surface area (Å²) in [7, 11) is 0. The van der Waals surface area contributed by atoms with Gasteiger partial charge in [-0.3, -0.25) is 4.79 Å². The molecule has 0 radical (unpaired) electrons. The van der Waals surface area contributed by atoms with Crippen LogP contribution in [0.25, 0.3) is 11.1 Å².